The summed E-state index contributed by atoms with van der Waals surface area (Å²) in [4.78, 5) is 12.0. The summed E-state index contributed by atoms with van der Waals surface area (Å²) in [6.45, 7) is 1.76. The van der Waals surface area contributed by atoms with Crippen LogP contribution in [-0.2, 0) is 0 Å². The van der Waals surface area contributed by atoms with Gasteiger partial charge in [0, 0.05) is 0 Å². The number of nitrogens with zero attached hydrogens (tertiary/aromatic N) is 1. The van der Waals surface area contributed by atoms with Crippen LogP contribution in [0.3, 0.4) is 0 Å². The Bertz CT molecular complexity index is 722. The maximum absolute atomic E-state index is 13.8. The molecule has 2 rings (SSSR count). The molecule has 2 aromatic carbocycles. The van der Waals surface area contributed by atoms with Gasteiger partial charge < -0.3 is 5.32 Å². The first kappa shape index (κ1) is 14.0. The van der Waals surface area contributed by atoms with Crippen molar-refractivity contribution in [3.8, 4) is 6.07 Å². The molecule has 0 unspecified atom stereocenters. The van der Waals surface area contributed by atoms with E-state index in [1.165, 1.54) is 18.2 Å². The lowest BCUT2D eigenvalue weighted by molar-refractivity contribution is 0.102. The summed E-state index contributed by atoms with van der Waals surface area (Å²) in [5.41, 5.74) is 1.26. The second-order valence-corrected chi connectivity index (χ2v) is 4.57. The molecule has 1 N–H and O–H groups in total. The van der Waals surface area contributed by atoms with Crippen LogP contribution in [0.1, 0.15) is 21.5 Å². The largest absolute Gasteiger partial charge is 0.321 e. The molecule has 0 saturated carbocycles. The zero-order chi connectivity index (χ0) is 14.7. The maximum Gasteiger partial charge on any atom is 0.258 e. The van der Waals surface area contributed by atoms with Crippen LogP contribution >= 0.6 is 11.6 Å². The SMILES string of the molecule is Cc1cccc(NC(=O)c2cccc(Cl)c2F)c1C#N. The minimum Gasteiger partial charge on any atom is -0.321 e. The molecule has 1 amide bonds. The van der Waals surface area contributed by atoms with Gasteiger partial charge in [0.1, 0.15) is 6.07 Å². The lowest BCUT2D eigenvalue weighted by atomic mass is 10.1. The Morgan fingerprint density at radius 2 is 2.00 bits per heavy atom. The van der Waals surface area contributed by atoms with Crippen molar-refractivity contribution in [3.05, 3.63) is 63.9 Å². The fraction of sp³-hybridized carbons (Fsp3) is 0.0667. The summed E-state index contributed by atoms with van der Waals surface area (Å²) in [6, 6.07) is 11.2. The highest BCUT2D eigenvalue weighted by atomic mass is 35.5. The predicted octanol–water partition coefficient (Wildman–Crippen LogP) is 3.91. The molecule has 0 aliphatic rings. The standard InChI is InChI=1S/C15H10ClFN2O/c1-9-4-2-7-13(11(9)8-18)19-15(20)10-5-3-6-12(16)14(10)17/h2-7H,1H3,(H,19,20). The first-order chi connectivity index (χ1) is 9.54. The van der Waals surface area contributed by atoms with E-state index in [1.807, 2.05) is 6.07 Å². The third-order valence-corrected chi connectivity index (χ3v) is 3.12. The number of benzene rings is 2. The Balaban J connectivity index is 2.36. The molecule has 5 heteroatoms. The van der Waals surface area contributed by atoms with Gasteiger partial charge in [0.2, 0.25) is 0 Å². The van der Waals surface area contributed by atoms with E-state index >= 15 is 0 Å². The van der Waals surface area contributed by atoms with E-state index in [1.54, 1.807) is 25.1 Å². The third kappa shape index (κ3) is 2.63. The normalized spacial score (nSPS) is 9.90. The fourth-order valence-electron chi connectivity index (χ4n) is 1.79. The van der Waals surface area contributed by atoms with Crippen LogP contribution in [0.25, 0.3) is 0 Å². The summed E-state index contributed by atoms with van der Waals surface area (Å²) < 4.78 is 13.8. The number of amides is 1. The molecule has 0 radical (unpaired) electrons. The van der Waals surface area contributed by atoms with E-state index in [0.717, 1.165) is 5.56 Å². The first-order valence-corrected chi connectivity index (χ1v) is 6.17. The minimum atomic E-state index is -0.780. The quantitative estimate of drug-likeness (QED) is 0.911. The zero-order valence-corrected chi connectivity index (χ0v) is 11.3. The first-order valence-electron chi connectivity index (χ1n) is 5.79. The van der Waals surface area contributed by atoms with Crippen molar-refractivity contribution in [1.82, 2.24) is 0 Å². The van der Waals surface area contributed by atoms with Crippen LogP contribution in [0.2, 0.25) is 5.02 Å². The molecule has 100 valence electrons. The highest BCUT2D eigenvalue weighted by molar-refractivity contribution is 6.31. The second kappa shape index (κ2) is 5.72. The molecular weight excluding hydrogens is 279 g/mol. The maximum atomic E-state index is 13.8. The van der Waals surface area contributed by atoms with Gasteiger partial charge in [0.05, 0.1) is 21.8 Å². The number of carbonyl (C=O) groups excluding carboxylic acids is 1. The topological polar surface area (TPSA) is 52.9 Å². The van der Waals surface area contributed by atoms with Crippen molar-refractivity contribution in [2.75, 3.05) is 5.32 Å². The Kier molecular flexibility index (Phi) is 4.02. The Hall–Kier alpha value is -2.38. The molecule has 0 atom stereocenters. The third-order valence-electron chi connectivity index (χ3n) is 2.83. The van der Waals surface area contributed by atoms with Crippen molar-refractivity contribution >= 4 is 23.2 Å². The zero-order valence-electron chi connectivity index (χ0n) is 10.6. The van der Waals surface area contributed by atoms with Gasteiger partial charge in [-0.2, -0.15) is 5.26 Å². The van der Waals surface area contributed by atoms with Crippen LogP contribution in [0.15, 0.2) is 36.4 Å². The monoisotopic (exact) mass is 288 g/mol. The Morgan fingerprint density at radius 1 is 1.30 bits per heavy atom. The minimum absolute atomic E-state index is 0.123. The van der Waals surface area contributed by atoms with Crippen LogP contribution in [0.5, 0.6) is 0 Å². The van der Waals surface area contributed by atoms with Crippen molar-refractivity contribution in [2.45, 2.75) is 6.92 Å². The van der Waals surface area contributed by atoms with Gasteiger partial charge in [-0.25, -0.2) is 4.39 Å². The van der Waals surface area contributed by atoms with Gasteiger partial charge in [0.25, 0.3) is 5.91 Å². The van der Waals surface area contributed by atoms with Crippen molar-refractivity contribution in [1.29, 1.82) is 5.26 Å². The van der Waals surface area contributed by atoms with Gasteiger partial charge in [-0.15, -0.1) is 0 Å². The number of rotatable bonds is 2. The second-order valence-electron chi connectivity index (χ2n) is 4.16. The number of hydrogen-bond donors (Lipinski definition) is 1. The van der Waals surface area contributed by atoms with Crippen LogP contribution < -0.4 is 5.32 Å². The smallest absolute Gasteiger partial charge is 0.258 e. The molecule has 0 fully saturated rings. The van der Waals surface area contributed by atoms with Crippen molar-refractivity contribution < 1.29 is 9.18 Å². The van der Waals surface area contributed by atoms with E-state index < -0.39 is 11.7 Å². The van der Waals surface area contributed by atoms with Gasteiger partial charge in [-0.1, -0.05) is 29.8 Å². The van der Waals surface area contributed by atoms with Crippen LogP contribution in [0.4, 0.5) is 10.1 Å². The molecule has 0 spiro atoms. The Labute approximate surface area is 120 Å². The summed E-state index contributed by atoms with van der Waals surface area (Å²) >= 11 is 5.64. The molecule has 0 heterocycles. The van der Waals surface area contributed by atoms with Crippen LogP contribution in [0, 0.1) is 24.1 Å². The molecule has 20 heavy (non-hydrogen) atoms. The average Bonchev–Trinajstić information content (AvgIpc) is 2.42. The molecular formula is C15H10ClFN2O. The van der Waals surface area contributed by atoms with E-state index in [0.29, 0.717) is 11.3 Å². The Morgan fingerprint density at radius 3 is 2.70 bits per heavy atom. The lowest BCUT2D eigenvalue weighted by Crippen LogP contribution is -2.15. The number of anilines is 1. The summed E-state index contributed by atoms with van der Waals surface area (Å²) in [5.74, 6) is -1.43. The number of hydrogen-bond acceptors (Lipinski definition) is 2. The van der Waals surface area contributed by atoms with E-state index in [9.17, 15) is 9.18 Å². The van der Waals surface area contributed by atoms with Gasteiger partial charge >= 0.3 is 0 Å². The molecule has 2 aromatic rings. The molecule has 3 nitrogen and oxygen atoms in total. The van der Waals surface area contributed by atoms with E-state index in [-0.39, 0.29) is 10.6 Å². The number of nitrogens with one attached hydrogen (secondary N) is 1. The van der Waals surface area contributed by atoms with Crippen molar-refractivity contribution in [2.24, 2.45) is 0 Å². The van der Waals surface area contributed by atoms with Crippen LogP contribution in [-0.4, -0.2) is 5.91 Å². The highest BCUT2D eigenvalue weighted by Crippen LogP contribution is 2.22. The summed E-state index contributed by atoms with van der Waals surface area (Å²) in [6.07, 6.45) is 0. The van der Waals surface area contributed by atoms with E-state index in [4.69, 9.17) is 16.9 Å². The molecule has 0 bridgehead atoms. The van der Waals surface area contributed by atoms with Crippen molar-refractivity contribution in [3.63, 3.8) is 0 Å². The predicted molar refractivity (Wildman–Crippen MR) is 75.3 cm³/mol. The van der Waals surface area contributed by atoms with Gasteiger partial charge in [-0.05, 0) is 30.7 Å². The lowest BCUT2D eigenvalue weighted by Gasteiger charge is -2.09. The van der Waals surface area contributed by atoms with E-state index in [2.05, 4.69) is 5.32 Å². The molecule has 0 saturated heterocycles. The fourth-order valence-corrected chi connectivity index (χ4v) is 1.96. The number of nitriles is 1. The summed E-state index contributed by atoms with van der Waals surface area (Å²) in [7, 11) is 0. The highest BCUT2D eigenvalue weighted by Gasteiger charge is 2.16. The molecule has 0 aliphatic heterocycles. The van der Waals surface area contributed by atoms with Gasteiger partial charge in [-0.3, -0.25) is 4.79 Å². The molecule has 0 aliphatic carbocycles. The molecule has 0 aromatic heterocycles. The average molecular weight is 289 g/mol. The number of halogens is 2. The number of carbonyl (C=O) groups is 1. The number of aryl methyl sites for hydroxylation is 1. The van der Waals surface area contributed by atoms with Gasteiger partial charge in [0.15, 0.2) is 5.82 Å². The summed E-state index contributed by atoms with van der Waals surface area (Å²) in [5, 5.41) is 11.5.